The fraction of sp³-hybridized carbons (Fsp3) is 0.158. The van der Waals surface area contributed by atoms with Gasteiger partial charge >= 0.3 is 0 Å². The summed E-state index contributed by atoms with van der Waals surface area (Å²) in [5.74, 6) is 0.467. The first kappa shape index (κ1) is 17.5. The molecule has 1 N–H and O–H groups in total. The standard InChI is InChI=1S/C19H17FN2O4/c1-12-15(11-25-14-7-5-6-13(20)10-14)18(22-26-12)19(23)21-16-8-3-4-9-17(16)24-2/h3-10H,11H2,1-2H3,(H,21,23). The Morgan fingerprint density at radius 2 is 2.04 bits per heavy atom. The van der Waals surface area contributed by atoms with Crippen LogP contribution in [0.4, 0.5) is 10.1 Å². The highest BCUT2D eigenvalue weighted by atomic mass is 19.1. The Balaban J connectivity index is 1.77. The number of methoxy groups -OCH3 is 1. The highest BCUT2D eigenvalue weighted by molar-refractivity contribution is 6.04. The number of hydrogen-bond donors (Lipinski definition) is 1. The van der Waals surface area contributed by atoms with E-state index in [2.05, 4.69) is 10.5 Å². The number of aryl methyl sites for hydroxylation is 1. The summed E-state index contributed by atoms with van der Waals surface area (Å²) in [6.45, 7) is 1.70. The molecule has 0 aliphatic carbocycles. The number of rotatable bonds is 6. The molecule has 0 unspecified atom stereocenters. The third-order valence-corrected chi connectivity index (χ3v) is 3.73. The molecule has 0 aliphatic heterocycles. The van der Waals surface area contributed by atoms with E-state index in [1.807, 2.05) is 0 Å². The number of aromatic nitrogens is 1. The fourth-order valence-corrected chi connectivity index (χ4v) is 2.38. The lowest BCUT2D eigenvalue weighted by Crippen LogP contribution is -2.16. The second-order valence-corrected chi connectivity index (χ2v) is 5.47. The molecule has 3 rings (SSSR count). The predicted molar refractivity (Wildman–Crippen MR) is 92.9 cm³/mol. The highest BCUT2D eigenvalue weighted by Gasteiger charge is 2.21. The molecule has 1 amide bonds. The van der Waals surface area contributed by atoms with Gasteiger partial charge in [0.2, 0.25) is 0 Å². The summed E-state index contributed by atoms with van der Waals surface area (Å²) in [5, 5.41) is 6.55. The molecule has 0 radical (unpaired) electrons. The maximum atomic E-state index is 13.2. The molecular formula is C19H17FN2O4. The highest BCUT2D eigenvalue weighted by Crippen LogP contribution is 2.25. The Morgan fingerprint density at radius 3 is 2.81 bits per heavy atom. The number of halogens is 1. The number of nitrogens with zero attached hydrogens (tertiary/aromatic N) is 1. The summed E-state index contributed by atoms with van der Waals surface area (Å²) in [4.78, 5) is 12.6. The first-order valence-corrected chi connectivity index (χ1v) is 7.86. The van der Waals surface area contributed by atoms with Gasteiger partial charge in [-0.3, -0.25) is 4.79 Å². The minimum atomic E-state index is -0.454. The van der Waals surface area contributed by atoms with Gasteiger partial charge in [0.15, 0.2) is 5.69 Å². The van der Waals surface area contributed by atoms with E-state index in [1.54, 1.807) is 43.3 Å². The average molecular weight is 356 g/mol. The van der Waals surface area contributed by atoms with Crippen LogP contribution in [0.15, 0.2) is 53.1 Å². The molecular weight excluding hydrogens is 339 g/mol. The van der Waals surface area contributed by atoms with Crippen molar-refractivity contribution in [3.05, 3.63) is 71.4 Å². The average Bonchev–Trinajstić information content (AvgIpc) is 3.01. The summed E-state index contributed by atoms with van der Waals surface area (Å²) in [6, 6.07) is 12.8. The lowest BCUT2D eigenvalue weighted by molar-refractivity contribution is 0.101. The van der Waals surface area contributed by atoms with Gasteiger partial charge in [-0.2, -0.15) is 0 Å². The van der Waals surface area contributed by atoms with Gasteiger partial charge < -0.3 is 19.3 Å². The third kappa shape index (κ3) is 3.83. The Bertz CT molecular complexity index is 923. The van der Waals surface area contributed by atoms with Crippen LogP contribution in [0.5, 0.6) is 11.5 Å². The molecule has 1 heterocycles. The van der Waals surface area contributed by atoms with Crippen LogP contribution in [-0.2, 0) is 6.61 Å². The summed E-state index contributed by atoms with van der Waals surface area (Å²) in [5.41, 5.74) is 1.10. The van der Waals surface area contributed by atoms with E-state index < -0.39 is 11.7 Å². The normalized spacial score (nSPS) is 10.4. The van der Waals surface area contributed by atoms with Gasteiger partial charge in [-0.25, -0.2) is 4.39 Å². The molecule has 134 valence electrons. The SMILES string of the molecule is COc1ccccc1NC(=O)c1noc(C)c1COc1cccc(F)c1. The molecule has 0 spiro atoms. The van der Waals surface area contributed by atoms with E-state index >= 15 is 0 Å². The Hall–Kier alpha value is -3.35. The van der Waals surface area contributed by atoms with Crippen LogP contribution < -0.4 is 14.8 Å². The molecule has 0 bridgehead atoms. The molecule has 0 fully saturated rings. The van der Waals surface area contributed by atoms with Crippen LogP contribution in [-0.4, -0.2) is 18.2 Å². The van der Waals surface area contributed by atoms with Crippen molar-refractivity contribution in [1.29, 1.82) is 0 Å². The zero-order valence-corrected chi connectivity index (χ0v) is 14.3. The van der Waals surface area contributed by atoms with Crippen LogP contribution >= 0.6 is 0 Å². The molecule has 0 saturated heterocycles. The summed E-state index contributed by atoms with van der Waals surface area (Å²) in [6.07, 6.45) is 0. The van der Waals surface area contributed by atoms with Crippen LogP contribution in [0, 0.1) is 12.7 Å². The van der Waals surface area contributed by atoms with Gasteiger partial charge in [-0.05, 0) is 31.2 Å². The number of nitrogens with one attached hydrogen (secondary N) is 1. The van der Waals surface area contributed by atoms with Crippen LogP contribution in [0.3, 0.4) is 0 Å². The monoisotopic (exact) mass is 356 g/mol. The number of hydrogen-bond acceptors (Lipinski definition) is 5. The van der Waals surface area contributed by atoms with Crippen LogP contribution in [0.25, 0.3) is 0 Å². The van der Waals surface area contributed by atoms with Crippen LogP contribution in [0.2, 0.25) is 0 Å². The quantitative estimate of drug-likeness (QED) is 0.724. The molecule has 2 aromatic carbocycles. The maximum absolute atomic E-state index is 13.2. The predicted octanol–water partition coefficient (Wildman–Crippen LogP) is 3.96. The van der Waals surface area contributed by atoms with E-state index in [4.69, 9.17) is 14.0 Å². The molecule has 26 heavy (non-hydrogen) atoms. The van der Waals surface area contributed by atoms with Crippen LogP contribution in [0.1, 0.15) is 21.8 Å². The molecule has 0 aliphatic rings. The van der Waals surface area contributed by atoms with E-state index in [0.717, 1.165) is 0 Å². The van der Waals surface area contributed by atoms with Gasteiger partial charge in [-0.15, -0.1) is 0 Å². The number of carbonyl (C=O) groups excluding carboxylic acids is 1. The fourth-order valence-electron chi connectivity index (χ4n) is 2.38. The van der Waals surface area contributed by atoms with Gasteiger partial charge in [0.25, 0.3) is 5.91 Å². The van der Waals surface area contributed by atoms with Crippen molar-refractivity contribution in [2.45, 2.75) is 13.5 Å². The van der Waals surface area contributed by atoms with E-state index in [9.17, 15) is 9.18 Å². The first-order chi connectivity index (χ1) is 12.6. The Morgan fingerprint density at radius 1 is 1.23 bits per heavy atom. The number of carbonyl (C=O) groups is 1. The maximum Gasteiger partial charge on any atom is 0.278 e. The third-order valence-electron chi connectivity index (χ3n) is 3.73. The van der Waals surface area contributed by atoms with Gasteiger partial charge in [0.1, 0.15) is 29.7 Å². The molecule has 0 saturated carbocycles. The second kappa shape index (κ2) is 7.69. The molecule has 0 atom stereocenters. The van der Waals surface area contributed by atoms with Gasteiger partial charge in [-0.1, -0.05) is 23.4 Å². The van der Waals surface area contributed by atoms with Crippen molar-refractivity contribution >= 4 is 11.6 Å². The topological polar surface area (TPSA) is 73.6 Å². The summed E-state index contributed by atoms with van der Waals surface area (Å²) < 4.78 is 29.1. The Kier molecular flexibility index (Phi) is 5.17. The zero-order chi connectivity index (χ0) is 18.5. The Labute approximate surface area is 149 Å². The minimum absolute atomic E-state index is 0.0213. The van der Waals surface area contributed by atoms with Crippen molar-refractivity contribution in [3.8, 4) is 11.5 Å². The largest absolute Gasteiger partial charge is 0.495 e. The smallest absolute Gasteiger partial charge is 0.278 e. The molecule has 7 heteroatoms. The minimum Gasteiger partial charge on any atom is -0.495 e. The van der Waals surface area contributed by atoms with Gasteiger partial charge in [0.05, 0.1) is 18.4 Å². The second-order valence-electron chi connectivity index (χ2n) is 5.47. The van der Waals surface area contributed by atoms with Crippen molar-refractivity contribution in [3.63, 3.8) is 0 Å². The van der Waals surface area contributed by atoms with E-state index in [0.29, 0.717) is 28.5 Å². The lowest BCUT2D eigenvalue weighted by Gasteiger charge is -2.10. The van der Waals surface area contributed by atoms with Gasteiger partial charge in [0, 0.05) is 6.07 Å². The number of amides is 1. The number of para-hydroxylation sites is 2. The van der Waals surface area contributed by atoms with Crippen molar-refractivity contribution in [1.82, 2.24) is 5.16 Å². The summed E-state index contributed by atoms with van der Waals surface area (Å²) >= 11 is 0. The number of benzene rings is 2. The van der Waals surface area contributed by atoms with Crippen molar-refractivity contribution < 1.29 is 23.2 Å². The summed E-state index contributed by atoms with van der Waals surface area (Å²) in [7, 11) is 1.52. The lowest BCUT2D eigenvalue weighted by atomic mass is 10.2. The molecule has 3 aromatic rings. The number of anilines is 1. The molecule has 1 aromatic heterocycles. The zero-order valence-electron chi connectivity index (χ0n) is 14.3. The van der Waals surface area contributed by atoms with E-state index in [1.165, 1.54) is 19.2 Å². The van der Waals surface area contributed by atoms with E-state index in [-0.39, 0.29) is 12.3 Å². The molecule has 6 nitrogen and oxygen atoms in total. The van der Waals surface area contributed by atoms with Crippen molar-refractivity contribution in [2.75, 3.05) is 12.4 Å². The first-order valence-electron chi connectivity index (χ1n) is 7.86. The number of ether oxygens (including phenoxy) is 2. The van der Waals surface area contributed by atoms with Crippen molar-refractivity contribution in [2.24, 2.45) is 0 Å².